The molecule has 0 saturated carbocycles. The zero-order valence-corrected chi connectivity index (χ0v) is 11.2. The largest absolute Gasteiger partial charge is 0.507 e. The first-order chi connectivity index (χ1) is 9.81. The monoisotopic (exact) mass is 312 g/mol. The lowest BCUT2D eigenvalue weighted by Crippen LogP contribution is -2.14. The van der Waals surface area contributed by atoms with Gasteiger partial charge in [-0.15, -0.1) is 0 Å². The number of phenols is 1. The van der Waals surface area contributed by atoms with E-state index in [2.05, 4.69) is 0 Å². The molecule has 0 aliphatic heterocycles. The lowest BCUT2D eigenvalue weighted by molar-refractivity contribution is -0.385. The summed E-state index contributed by atoms with van der Waals surface area (Å²) in [5, 5.41) is 20.0. The summed E-state index contributed by atoms with van der Waals surface area (Å²) in [5.74, 6) is -1.59. The number of hydrogen-bond donors (Lipinski definition) is 2. The average Bonchev–Trinajstić information content (AvgIpc) is 2.41. The molecule has 0 spiro atoms. The van der Waals surface area contributed by atoms with E-state index >= 15 is 0 Å². The van der Waals surface area contributed by atoms with Gasteiger partial charge in [0.25, 0.3) is 15.7 Å². The number of nitro benzene ring substituents is 1. The van der Waals surface area contributed by atoms with Crippen molar-refractivity contribution in [2.75, 3.05) is 4.72 Å². The van der Waals surface area contributed by atoms with Crippen LogP contribution in [-0.2, 0) is 10.0 Å². The van der Waals surface area contributed by atoms with Gasteiger partial charge in [-0.1, -0.05) is 12.1 Å². The van der Waals surface area contributed by atoms with Crippen molar-refractivity contribution in [3.8, 4) is 5.75 Å². The Morgan fingerprint density at radius 1 is 1.19 bits per heavy atom. The van der Waals surface area contributed by atoms with Gasteiger partial charge >= 0.3 is 0 Å². The van der Waals surface area contributed by atoms with Crippen molar-refractivity contribution in [1.29, 1.82) is 0 Å². The molecule has 0 aromatic heterocycles. The number of non-ortho nitro benzene ring substituents is 1. The highest BCUT2D eigenvalue weighted by Gasteiger charge is 2.20. The summed E-state index contributed by atoms with van der Waals surface area (Å²) >= 11 is 0. The van der Waals surface area contributed by atoms with Crippen molar-refractivity contribution in [3.63, 3.8) is 0 Å². The van der Waals surface area contributed by atoms with Crippen molar-refractivity contribution < 1.29 is 22.8 Å². The number of halogens is 1. The van der Waals surface area contributed by atoms with Crippen molar-refractivity contribution in [3.05, 3.63) is 58.4 Å². The number of nitrogens with zero attached hydrogens (tertiary/aromatic N) is 1. The second kappa shape index (κ2) is 5.37. The van der Waals surface area contributed by atoms with Crippen LogP contribution in [0, 0.1) is 15.9 Å². The number of nitro groups is 1. The third-order valence-electron chi connectivity index (χ3n) is 2.56. The number of para-hydroxylation sites is 1. The maximum absolute atomic E-state index is 13.7. The minimum absolute atomic E-state index is 0.428. The lowest BCUT2D eigenvalue weighted by atomic mass is 10.3. The first kappa shape index (κ1) is 14.7. The summed E-state index contributed by atoms with van der Waals surface area (Å²) in [7, 11) is -4.21. The van der Waals surface area contributed by atoms with E-state index in [-0.39, 0.29) is 0 Å². The molecule has 21 heavy (non-hydrogen) atoms. The minimum Gasteiger partial charge on any atom is -0.507 e. The van der Waals surface area contributed by atoms with Crippen LogP contribution >= 0.6 is 0 Å². The van der Waals surface area contributed by atoms with Crippen LogP contribution in [0.1, 0.15) is 0 Å². The summed E-state index contributed by atoms with van der Waals surface area (Å²) in [6.45, 7) is 0. The van der Waals surface area contributed by atoms with Crippen LogP contribution in [0.2, 0.25) is 0 Å². The van der Waals surface area contributed by atoms with Gasteiger partial charge in [-0.05, 0) is 18.2 Å². The van der Waals surface area contributed by atoms with Crippen molar-refractivity contribution in [2.24, 2.45) is 0 Å². The number of hydrogen-bond acceptors (Lipinski definition) is 5. The van der Waals surface area contributed by atoms with Crippen LogP contribution in [0.25, 0.3) is 0 Å². The van der Waals surface area contributed by atoms with E-state index < -0.39 is 42.8 Å². The molecule has 9 heteroatoms. The molecule has 0 fully saturated rings. The number of phenolic OH excluding ortho intramolecular Hbond substituents is 1. The Labute approximate surface area is 118 Å². The van der Waals surface area contributed by atoms with Crippen LogP contribution in [0.3, 0.4) is 0 Å². The highest BCUT2D eigenvalue weighted by atomic mass is 32.2. The summed E-state index contributed by atoms with van der Waals surface area (Å²) < 4.78 is 39.6. The van der Waals surface area contributed by atoms with Crippen LogP contribution < -0.4 is 4.72 Å². The van der Waals surface area contributed by atoms with E-state index in [1.807, 2.05) is 4.72 Å². The molecule has 0 atom stereocenters. The van der Waals surface area contributed by atoms with Gasteiger partial charge in [-0.2, -0.15) is 0 Å². The van der Waals surface area contributed by atoms with Crippen LogP contribution in [0.15, 0.2) is 47.4 Å². The van der Waals surface area contributed by atoms with Crippen LogP contribution in [0.5, 0.6) is 5.75 Å². The molecule has 2 aromatic rings. The van der Waals surface area contributed by atoms with Crippen molar-refractivity contribution >= 4 is 21.4 Å². The van der Waals surface area contributed by atoms with E-state index in [9.17, 15) is 28.0 Å². The molecular weight excluding hydrogens is 303 g/mol. The summed E-state index contributed by atoms with van der Waals surface area (Å²) in [5.41, 5.74) is -0.957. The number of aromatic hydroxyl groups is 1. The van der Waals surface area contributed by atoms with Crippen molar-refractivity contribution in [1.82, 2.24) is 0 Å². The van der Waals surface area contributed by atoms with Crippen molar-refractivity contribution in [2.45, 2.75) is 4.90 Å². The van der Waals surface area contributed by atoms with Gasteiger partial charge in [0, 0.05) is 6.07 Å². The SMILES string of the molecule is O=[N+]([O-])c1ccc(NS(=O)(=O)c2ccccc2O)c(F)c1. The molecule has 2 aromatic carbocycles. The van der Waals surface area contributed by atoms with Gasteiger partial charge in [-0.25, -0.2) is 12.8 Å². The number of benzene rings is 2. The second-order valence-electron chi connectivity index (χ2n) is 3.99. The molecule has 2 rings (SSSR count). The average molecular weight is 312 g/mol. The third kappa shape index (κ3) is 3.08. The minimum atomic E-state index is -4.21. The first-order valence-electron chi connectivity index (χ1n) is 5.56. The maximum Gasteiger partial charge on any atom is 0.272 e. The topological polar surface area (TPSA) is 110 Å². The van der Waals surface area contributed by atoms with Gasteiger partial charge in [0.05, 0.1) is 16.7 Å². The molecule has 7 nitrogen and oxygen atoms in total. The Morgan fingerprint density at radius 3 is 2.43 bits per heavy atom. The second-order valence-corrected chi connectivity index (χ2v) is 5.65. The standard InChI is InChI=1S/C12H9FN2O5S/c13-9-7-8(15(17)18)5-6-10(9)14-21(19,20)12-4-2-1-3-11(12)16/h1-7,14,16H. The predicted molar refractivity (Wildman–Crippen MR) is 72.0 cm³/mol. The molecule has 110 valence electrons. The fraction of sp³-hybridized carbons (Fsp3) is 0. The Kier molecular flexibility index (Phi) is 3.76. The van der Waals surface area contributed by atoms with E-state index in [0.29, 0.717) is 6.07 Å². The maximum atomic E-state index is 13.7. The molecule has 0 amide bonds. The van der Waals surface area contributed by atoms with E-state index in [4.69, 9.17) is 0 Å². The van der Waals surface area contributed by atoms with Gasteiger partial charge in [-0.3, -0.25) is 14.8 Å². The molecule has 2 N–H and O–H groups in total. The molecule has 0 unspecified atom stereocenters. The van der Waals surface area contributed by atoms with Gasteiger partial charge in [0.1, 0.15) is 10.6 Å². The number of anilines is 1. The molecule has 0 aliphatic carbocycles. The first-order valence-corrected chi connectivity index (χ1v) is 7.04. The van der Waals surface area contributed by atoms with Crippen LogP contribution in [0.4, 0.5) is 15.8 Å². The molecular formula is C12H9FN2O5S. The Bertz CT molecular complexity index is 807. The molecule has 0 saturated heterocycles. The van der Waals surface area contributed by atoms with Crippen LogP contribution in [-0.4, -0.2) is 18.4 Å². The molecule has 0 bridgehead atoms. The third-order valence-corrected chi connectivity index (χ3v) is 3.98. The highest BCUT2D eigenvalue weighted by molar-refractivity contribution is 7.92. The van der Waals surface area contributed by atoms with E-state index in [1.54, 1.807) is 0 Å². The van der Waals surface area contributed by atoms with Gasteiger partial charge in [0.2, 0.25) is 0 Å². The Hall–Kier alpha value is -2.68. The molecule has 0 aliphatic rings. The number of sulfonamides is 1. The Balaban J connectivity index is 2.38. The normalized spacial score (nSPS) is 11.1. The fourth-order valence-corrected chi connectivity index (χ4v) is 2.75. The van der Waals surface area contributed by atoms with Gasteiger partial charge < -0.3 is 5.11 Å². The van der Waals surface area contributed by atoms with E-state index in [0.717, 1.165) is 18.2 Å². The molecule has 0 heterocycles. The summed E-state index contributed by atoms with van der Waals surface area (Å²) in [4.78, 5) is 9.25. The lowest BCUT2D eigenvalue weighted by Gasteiger charge is -2.09. The zero-order chi connectivity index (χ0) is 15.6. The van der Waals surface area contributed by atoms with E-state index in [1.165, 1.54) is 18.2 Å². The van der Waals surface area contributed by atoms with Gasteiger partial charge in [0.15, 0.2) is 5.82 Å². The summed E-state index contributed by atoms with van der Waals surface area (Å²) in [6.07, 6.45) is 0. The highest BCUT2D eigenvalue weighted by Crippen LogP contribution is 2.26. The smallest absolute Gasteiger partial charge is 0.272 e. The summed E-state index contributed by atoms with van der Waals surface area (Å²) in [6, 6.07) is 7.63. The molecule has 0 radical (unpaired) electrons. The quantitative estimate of drug-likeness (QED) is 0.664. The number of nitrogens with one attached hydrogen (secondary N) is 1. The predicted octanol–water partition coefficient (Wildman–Crippen LogP) is 2.24. The fourth-order valence-electron chi connectivity index (χ4n) is 1.58. The number of rotatable bonds is 4. The zero-order valence-electron chi connectivity index (χ0n) is 10.4. The Morgan fingerprint density at radius 2 is 1.86 bits per heavy atom.